The summed E-state index contributed by atoms with van der Waals surface area (Å²) in [6.07, 6.45) is 3.74. The molecular weight excluding hydrogens is 165 g/mol. The lowest BCUT2D eigenvalue weighted by atomic mass is 9.79. The van der Waals surface area contributed by atoms with Crippen LogP contribution < -0.4 is 5.46 Å². The molecule has 1 heterocycles. The molecule has 0 aromatic heterocycles. The Bertz CT molecular complexity index is 349. The number of rotatable bonds is 1. The first-order valence-corrected chi connectivity index (χ1v) is 4.29. The van der Waals surface area contributed by atoms with E-state index in [1.807, 2.05) is 12.3 Å². The third kappa shape index (κ3) is 1.64. The summed E-state index contributed by atoms with van der Waals surface area (Å²) >= 11 is 0. The summed E-state index contributed by atoms with van der Waals surface area (Å²) in [5, 5.41) is 17.9. The van der Waals surface area contributed by atoms with E-state index in [1.165, 1.54) is 0 Å². The van der Waals surface area contributed by atoms with Gasteiger partial charge in [0.05, 0.1) is 5.69 Å². The molecule has 0 aliphatic carbocycles. The number of aryl methyl sites for hydroxylation is 1. The molecule has 4 heteroatoms. The van der Waals surface area contributed by atoms with Crippen molar-refractivity contribution < 1.29 is 10.0 Å². The summed E-state index contributed by atoms with van der Waals surface area (Å²) in [7, 11) is -1.38. The molecule has 0 bridgehead atoms. The van der Waals surface area contributed by atoms with Crippen LogP contribution in [-0.4, -0.2) is 23.4 Å². The van der Waals surface area contributed by atoms with Crippen molar-refractivity contribution >= 4 is 24.5 Å². The van der Waals surface area contributed by atoms with Crippen molar-refractivity contribution in [3.8, 4) is 0 Å². The van der Waals surface area contributed by atoms with Crippen LogP contribution in [0.3, 0.4) is 0 Å². The van der Waals surface area contributed by atoms with Crippen molar-refractivity contribution in [3.05, 3.63) is 23.8 Å². The van der Waals surface area contributed by atoms with Crippen LogP contribution in [0.25, 0.3) is 0 Å². The average molecular weight is 175 g/mol. The molecule has 0 saturated carbocycles. The molecule has 1 aromatic rings. The van der Waals surface area contributed by atoms with E-state index in [4.69, 9.17) is 10.0 Å². The topological polar surface area (TPSA) is 52.8 Å². The zero-order valence-corrected chi connectivity index (χ0v) is 7.14. The fraction of sp³-hybridized carbons (Fsp3) is 0.222. The molecule has 1 aromatic carbocycles. The summed E-state index contributed by atoms with van der Waals surface area (Å²) < 4.78 is 0. The van der Waals surface area contributed by atoms with Crippen LogP contribution in [0.5, 0.6) is 0 Å². The van der Waals surface area contributed by atoms with Crippen molar-refractivity contribution in [1.82, 2.24) is 0 Å². The Morgan fingerprint density at radius 2 is 2.15 bits per heavy atom. The van der Waals surface area contributed by atoms with Gasteiger partial charge in [0.15, 0.2) is 0 Å². The lowest BCUT2D eigenvalue weighted by molar-refractivity contribution is 0.425. The molecule has 1 aliphatic heterocycles. The molecule has 0 radical (unpaired) electrons. The van der Waals surface area contributed by atoms with Gasteiger partial charge in [-0.1, -0.05) is 12.1 Å². The Balaban J connectivity index is 2.42. The predicted octanol–water partition coefficient (Wildman–Crippen LogP) is 0.0149. The molecule has 13 heavy (non-hydrogen) atoms. The van der Waals surface area contributed by atoms with E-state index in [2.05, 4.69) is 4.99 Å². The van der Waals surface area contributed by atoms with E-state index in [9.17, 15) is 0 Å². The SMILES string of the molecule is OB(O)c1ccc2c(c1)CCC=N2. The summed E-state index contributed by atoms with van der Waals surface area (Å²) in [4.78, 5) is 4.21. The van der Waals surface area contributed by atoms with Gasteiger partial charge in [0.1, 0.15) is 0 Å². The van der Waals surface area contributed by atoms with Gasteiger partial charge in [-0.25, -0.2) is 0 Å². The van der Waals surface area contributed by atoms with Gasteiger partial charge >= 0.3 is 7.12 Å². The van der Waals surface area contributed by atoms with Crippen LogP contribution in [0.2, 0.25) is 0 Å². The highest BCUT2D eigenvalue weighted by atomic mass is 16.4. The third-order valence-electron chi connectivity index (χ3n) is 2.17. The van der Waals surface area contributed by atoms with Crippen molar-refractivity contribution in [2.45, 2.75) is 12.8 Å². The standard InChI is InChI=1S/C9H10BNO2/c12-10(13)8-3-4-9-7(6-8)2-1-5-11-9/h3-6,12-13H,1-2H2. The molecule has 2 N–H and O–H groups in total. The van der Waals surface area contributed by atoms with Crippen LogP contribution >= 0.6 is 0 Å². The second-order valence-corrected chi connectivity index (χ2v) is 3.11. The fourth-order valence-corrected chi connectivity index (χ4v) is 1.48. The van der Waals surface area contributed by atoms with Crippen LogP contribution in [0, 0.1) is 0 Å². The van der Waals surface area contributed by atoms with E-state index in [1.54, 1.807) is 12.1 Å². The summed E-state index contributed by atoms with van der Waals surface area (Å²) in [6, 6.07) is 5.31. The maximum absolute atomic E-state index is 8.94. The molecule has 1 aliphatic rings. The van der Waals surface area contributed by atoms with Crippen LogP contribution in [0.1, 0.15) is 12.0 Å². The first kappa shape index (κ1) is 8.47. The Morgan fingerprint density at radius 1 is 1.31 bits per heavy atom. The fourth-order valence-electron chi connectivity index (χ4n) is 1.48. The van der Waals surface area contributed by atoms with Crippen LogP contribution in [0.15, 0.2) is 23.2 Å². The van der Waals surface area contributed by atoms with Gasteiger partial charge in [0, 0.05) is 6.21 Å². The quantitative estimate of drug-likeness (QED) is 0.591. The lowest BCUT2D eigenvalue weighted by Crippen LogP contribution is -2.30. The zero-order chi connectivity index (χ0) is 9.26. The Hall–Kier alpha value is -1.13. The minimum absolute atomic E-state index is 0.538. The second kappa shape index (κ2) is 3.32. The van der Waals surface area contributed by atoms with E-state index in [-0.39, 0.29) is 0 Å². The van der Waals surface area contributed by atoms with Crippen LogP contribution in [0.4, 0.5) is 5.69 Å². The number of hydrogen-bond donors (Lipinski definition) is 2. The summed E-state index contributed by atoms with van der Waals surface area (Å²) in [6.45, 7) is 0. The van der Waals surface area contributed by atoms with Gasteiger partial charge in [0.25, 0.3) is 0 Å². The highest BCUT2D eigenvalue weighted by Gasteiger charge is 2.13. The Labute approximate surface area is 76.9 Å². The van der Waals surface area contributed by atoms with E-state index < -0.39 is 7.12 Å². The minimum Gasteiger partial charge on any atom is -0.423 e. The molecular formula is C9H10BNO2. The highest BCUT2D eigenvalue weighted by Crippen LogP contribution is 2.21. The molecule has 0 atom stereocenters. The van der Waals surface area contributed by atoms with E-state index >= 15 is 0 Å². The molecule has 0 unspecified atom stereocenters. The number of aliphatic imine (C=N–C) groups is 1. The number of benzene rings is 1. The monoisotopic (exact) mass is 175 g/mol. The van der Waals surface area contributed by atoms with Crippen molar-refractivity contribution in [3.63, 3.8) is 0 Å². The van der Waals surface area contributed by atoms with Gasteiger partial charge in [-0.3, -0.25) is 4.99 Å². The van der Waals surface area contributed by atoms with Crippen molar-refractivity contribution in [2.24, 2.45) is 4.99 Å². The van der Waals surface area contributed by atoms with E-state index in [0.717, 1.165) is 24.1 Å². The van der Waals surface area contributed by atoms with E-state index in [0.29, 0.717) is 5.46 Å². The first-order chi connectivity index (χ1) is 6.27. The first-order valence-electron chi connectivity index (χ1n) is 4.29. The van der Waals surface area contributed by atoms with Gasteiger partial charge in [-0.2, -0.15) is 0 Å². The maximum Gasteiger partial charge on any atom is 0.488 e. The number of nitrogens with zero attached hydrogens (tertiary/aromatic N) is 1. The Kier molecular flexibility index (Phi) is 2.16. The van der Waals surface area contributed by atoms with Gasteiger partial charge in [-0.15, -0.1) is 0 Å². The molecule has 0 amide bonds. The highest BCUT2D eigenvalue weighted by molar-refractivity contribution is 6.58. The minimum atomic E-state index is -1.38. The molecule has 2 rings (SSSR count). The van der Waals surface area contributed by atoms with Gasteiger partial charge < -0.3 is 10.0 Å². The van der Waals surface area contributed by atoms with Gasteiger partial charge in [0.2, 0.25) is 0 Å². The van der Waals surface area contributed by atoms with Crippen molar-refractivity contribution in [2.75, 3.05) is 0 Å². The summed E-state index contributed by atoms with van der Waals surface area (Å²) in [5.41, 5.74) is 2.57. The third-order valence-corrected chi connectivity index (χ3v) is 2.17. The Morgan fingerprint density at radius 3 is 2.92 bits per heavy atom. The van der Waals surface area contributed by atoms with Gasteiger partial charge in [-0.05, 0) is 29.9 Å². The predicted molar refractivity (Wildman–Crippen MR) is 52.7 cm³/mol. The number of hydrogen-bond acceptors (Lipinski definition) is 3. The number of fused-ring (bicyclic) bond motifs is 1. The summed E-state index contributed by atoms with van der Waals surface area (Å²) in [5.74, 6) is 0. The molecule has 0 spiro atoms. The zero-order valence-electron chi connectivity index (χ0n) is 7.14. The molecule has 3 nitrogen and oxygen atoms in total. The molecule has 66 valence electrons. The van der Waals surface area contributed by atoms with Crippen LogP contribution in [-0.2, 0) is 6.42 Å². The maximum atomic E-state index is 8.94. The van der Waals surface area contributed by atoms with Crippen molar-refractivity contribution in [1.29, 1.82) is 0 Å². The molecule has 0 fully saturated rings. The normalized spacial score (nSPS) is 14.0. The largest absolute Gasteiger partial charge is 0.488 e. The second-order valence-electron chi connectivity index (χ2n) is 3.11. The smallest absolute Gasteiger partial charge is 0.423 e. The lowest BCUT2D eigenvalue weighted by Gasteiger charge is -2.10. The average Bonchev–Trinajstić information content (AvgIpc) is 2.17. The molecule has 0 saturated heterocycles.